The molecule has 0 spiro atoms. The first-order chi connectivity index (χ1) is 10.1. The molecule has 0 aliphatic rings. The summed E-state index contributed by atoms with van der Waals surface area (Å²) in [7, 11) is 1.85. The summed E-state index contributed by atoms with van der Waals surface area (Å²) in [6, 6.07) is 0. The Kier molecular flexibility index (Phi) is 6.00. The van der Waals surface area contributed by atoms with Gasteiger partial charge in [-0.1, -0.05) is 48.7 Å². The van der Waals surface area contributed by atoms with Gasteiger partial charge in [-0.3, -0.25) is 10.1 Å². The fourth-order valence-electron chi connectivity index (χ4n) is 1.46. The molecule has 7 nitrogen and oxygen atoms in total. The molecule has 0 unspecified atom stereocenters. The van der Waals surface area contributed by atoms with Gasteiger partial charge in [0.05, 0.1) is 5.25 Å². The molecule has 0 radical (unpaired) electrons. The third-order valence-corrected chi connectivity index (χ3v) is 5.75. The van der Waals surface area contributed by atoms with Crippen LogP contribution < -0.4 is 5.32 Å². The SMILES string of the molecule is CCSc1nnc(NC(=O)[C@@H](CC)Sc2nncn2C)s1. The van der Waals surface area contributed by atoms with Crippen LogP contribution in [0.2, 0.25) is 0 Å². The van der Waals surface area contributed by atoms with Gasteiger partial charge >= 0.3 is 0 Å². The first-order valence-electron chi connectivity index (χ1n) is 6.41. The van der Waals surface area contributed by atoms with Gasteiger partial charge in [-0.15, -0.1) is 20.4 Å². The van der Waals surface area contributed by atoms with Crippen LogP contribution in [0, 0.1) is 0 Å². The normalized spacial score (nSPS) is 12.3. The van der Waals surface area contributed by atoms with Gasteiger partial charge in [-0.2, -0.15) is 0 Å². The van der Waals surface area contributed by atoms with E-state index in [0.717, 1.165) is 15.2 Å². The number of amides is 1. The van der Waals surface area contributed by atoms with E-state index in [1.807, 2.05) is 14.0 Å². The quantitative estimate of drug-likeness (QED) is 0.609. The summed E-state index contributed by atoms with van der Waals surface area (Å²) in [6.45, 7) is 4.01. The minimum absolute atomic E-state index is 0.0882. The van der Waals surface area contributed by atoms with Gasteiger partial charge in [0.2, 0.25) is 11.0 Å². The molecule has 0 fully saturated rings. The second-order valence-electron chi connectivity index (χ2n) is 4.03. The standard InChI is InChI=1S/C11H16N6OS3/c1-4-7(20-10-15-12-6-17(10)3)8(18)13-9-14-16-11(21-9)19-5-2/h6-7H,4-5H2,1-3H3,(H,13,14,18)/t7-/m1/s1. The number of carbonyl (C=O) groups excluding carboxylic acids is 1. The van der Waals surface area contributed by atoms with Crippen molar-refractivity contribution in [2.75, 3.05) is 11.1 Å². The molecule has 114 valence electrons. The Balaban J connectivity index is 1.97. The van der Waals surface area contributed by atoms with Crippen molar-refractivity contribution in [2.45, 2.75) is 35.0 Å². The molecule has 2 heterocycles. The lowest BCUT2D eigenvalue weighted by Crippen LogP contribution is -2.24. The highest BCUT2D eigenvalue weighted by molar-refractivity contribution is 8.01. The molecule has 10 heteroatoms. The Morgan fingerprint density at radius 3 is 2.86 bits per heavy atom. The van der Waals surface area contributed by atoms with Gasteiger partial charge in [-0.25, -0.2) is 0 Å². The fraction of sp³-hybridized carbons (Fsp3) is 0.545. The zero-order chi connectivity index (χ0) is 15.2. The third-order valence-electron chi connectivity index (χ3n) is 2.49. The largest absolute Gasteiger partial charge is 0.312 e. The first kappa shape index (κ1) is 16.2. The Labute approximate surface area is 135 Å². The van der Waals surface area contributed by atoms with Crippen LogP contribution >= 0.6 is 34.9 Å². The number of nitrogens with zero attached hydrogens (tertiary/aromatic N) is 5. The van der Waals surface area contributed by atoms with Crippen molar-refractivity contribution >= 4 is 45.9 Å². The average molecular weight is 344 g/mol. The van der Waals surface area contributed by atoms with Crippen LogP contribution in [-0.2, 0) is 11.8 Å². The van der Waals surface area contributed by atoms with Crippen LogP contribution in [0.25, 0.3) is 0 Å². The molecule has 1 N–H and O–H groups in total. The highest BCUT2D eigenvalue weighted by Crippen LogP contribution is 2.27. The third kappa shape index (κ3) is 4.42. The lowest BCUT2D eigenvalue weighted by atomic mass is 10.3. The minimum atomic E-state index is -0.237. The van der Waals surface area contributed by atoms with E-state index in [1.165, 1.54) is 23.1 Å². The van der Waals surface area contributed by atoms with E-state index < -0.39 is 0 Å². The molecular weight excluding hydrogens is 328 g/mol. The molecule has 0 saturated carbocycles. The van der Waals surface area contributed by atoms with Gasteiger partial charge in [0.25, 0.3) is 0 Å². The Morgan fingerprint density at radius 2 is 2.24 bits per heavy atom. The predicted octanol–water partition coefficient (Wildman–Crippen LogP) is 2.29. The number of nitrogens with one attached hydrogen (secondary N) is 1. The molecule has 0 aliphatic carbocycles. The molecule has 1 amide bonds. The lowest BCUT2D eigenvalue weighted by Gasteiger charge is -2.12. The Bertz CT molecular complexity index is 598. The number of rotatable bonds is 7. The predicted molar refractivity (Wildman–Crippen MR) is 85.9 cm³/mol. The van der Waals surface area contributed by atoms with Crippen molar-refractivity contribution < 1.29 is 4.79 Å². The number of aromatic nitrogens is 5. The van der Waals surface area contributed by atoms with Crippen LogP contribution in [0.5, 0.6) is 0 Å². The highest BCUT2D eigenvalue weighted by Gasteiger charge is 2.21. The summed E-state index contributed by atoms with van der Waals surface area (Å²) in [5.41, 5.74) is 0. The maximum atomic E-state index is 12.3. The maximum Gasteiger partial charge on any atom is 0.239 e. The van der Waals surface area contributed by atoms with Crippen LogP contribution in [0.1, 0.15) is 20.3 Å². The highest BCUT2D eigenvalue weighted by atomic mass is 32.2. The summed E-state index contributed by atoms with van der Waals surface area (Å²) in [5.74, 6) is 0.844. The van der Waals surface area contributed by atoms with Gasteiger partial charge in [0.1, 0.15) is 6.33 Å². The topological polar surface area (TPSA) is 85.6 Å². The number of hydrogen-bond donors (Lipinski definition) is 1. The number of thioether (sulfide) groups is 2. The number of hydrogen-bond acceptors (Lipinski definition) is 8. The van der Waals surface area contributed by atoms with E-state index in [-0.39, 0.29) is 11.2 Å². The van der Waals surface area contributed by atoms with Crippen molar-refractivity contribution in [1.29, 1.82) is 0 Å². The van der Waals surface area contributed by atoms with Crippen molar-refractivity contribution in [3.8, 4) is 0 Å². The average Bonchev–Trinajstić information content (AvgIpc) is 3.06. The molecule has 2 rings (SSSR count). The first-order valence-corrected chi connectivity index (χ1v) is 9.10. The van der Waals surface area contributed by atoms with Gasteiger partial charge in [-0.05, 0) is 12.2 Å². The van der Waals surface area contributed by atoms with E-state index in [2.05, 4.69) is 32.6 Å². The lowest BCUT2D eigenvalue weighted by molar-refractivity contribution is -0.115. The fourth-order valence-corrected chi connectivity index (χ4v) is 4.00. The number of aryl methyl sites for hydroxylation is 1. The summed E-state index contributed by atoms with van der Waals surface area (Å²) in [6.07, 6.45) is 2.31. The smallest absolute Gasteiger partial charge is 0.239 e. The van der Waals surface area contributed by atoms with Gasteiger partial charge in [0, 0.05) is 7.05 Å². The molecular formula is C11H16N6OS3. The van der Waals surface area contributed by atoms with E-state index in [0.29, 0.717) is 11.6 Å². The minimum Gasteiger partial charge on any atom is -0.312 e. The summed E-state index contributed by atoms with van der Waals surface area (Å²) in [5, 5.41) is 19.6. The molecule has 0 aliphatic heterocycles. The van der Waals surface area contributed by atoms with Crippen LogP contribution in [0.15, 0.2) is 15.8 Å². The zero-order valence-corrected chi connectivity index (χ0v) is 14.4. The van der Waals surface area contributed by atoms with Crippen molar-refractivity contribution in [2.24, 2.45) is 7.05 Å². The van der Waals surface area contributed by atoms with Gasteiger partial charge < -0.3 is 4.57 Å². The van der Waals surface area contributed by atoms with Crippen LogP contribution in [-0.4, -0.2) is 41.9 Å². The van der Waals surface area contributed by atoms with Crippen molar-refractivity contribution in [3.63, 3.8) is 0 Å². The molecule has 0 saturated heterocycles. The Morgan fingerprint density at radius 1 is 1.43 bits per heavy atom. The maximum absolute atomic E-state index is 12.3. The van der Waals surface area contributed by atoms with Crippen molar-refractivity contribution in [3.05, 3.63) is 6.33 Å². The molecule has 1 atom stereocenters. The monoisotopic (exact) mass is 344 g/mol. The zero-order valence-electron chi connectivity index (χ0n) is 11.9. The number of anilines is 1. The molecule has 21 heavy (non-hydrogen) atoms. The van der Waals surface area contributed by atoms with E-state index in [9.17, 15) is 4.79 Å². The van der Waals surface area contributed by atoms with E-state index in [1.54, 1.807) is 22.7 Å². The second-order valence-corrected chi connectivity index (χ2v) is 7.69. The van der Waals surface area contributed by atoms with Crippen LogP contribution in [0.3, 0.4) is 0 Å². The molecule has 0 bridgehead atoms. The summed E-state index contributed by atoms with van der Waals surface area (Å²) in [4.78, 5) is 12.3. The molecule has 0 aromatic carbocycles. The summed E-state index contributed by atoms with van der Waals surface area (Å²) >= 11 is 4.40. The van der Waals surface area contributed by atoms with E-state index >= 15 is 0 Å². The van der Waals surface area contributed by atoms with E-state index in [4.69, 9.17) is 0 Å². The Hall–Kier alpha value is -1.13. The summed E-state index contributed by atoms with van der Waals surface area (Å²) < 4.78 is 2.66. The second kappa shape index (κ2) is 7.76. The molecule has 2 aromatic heterocycles. The number of carbonyl (C=O) groups is 1. The van der Waals surface area contributed by atoms with Crippen LogP contribution in [0.4, 0.5) is 5.13 Å². The van der Waals surface area contributed by atoms with Gasteiger partial charge in [0.15, 0.2) is 9.50 Å². The molecule has 2 aromatic rings. The van der Waals surface area contributed by atoms with Crippen molar-refractivity contribution in [1.82, 2.24) is 25.0 Å².